The summed E-state index contributed by atoms with van der Waals surface area (Å²) in [5.41, 5.74) is 4.15. The lowest BCUT2D eigenvalue weighted by molar-refractivity contribution is 0.0798. The molecule has 0 aliphatic rings. The average Bonchev–Trinajstić information content (AvgIpc) is 3.17. The van der Waals surface area contributed by atoms with Crippen molar-refractivity contribution in [2.24, 2.45) is 0 Å². The number of amides is 1. The fourth-order valence-electron chi connectivity index (χ4n) is 3.02. The standard InChI is InChI=1S/C21H19N5O/c1-25(14-10-16-7-11-22-12-8-16)21(27)18-15-24-26-19(9-13-23-20(18)26)17-5-3-2-4-6-17/h2-9,11-13,15H,10,14H2,1H3. The average molecular weight is 357 g/mol. The van der Waals surface area contributed by atoms with E-state index in [0.717, 1.165) is 23.2 Å². The third-order valence-electron chi connectivity index (χ3n) is 4.53. The molecule has 0 aliphatic heterocycles. The summed E-state index contributed by atoms with van der Waals surface area (Å²) in [6.07, 6.45) is 7.61. The first-order valence-corrected chi connectivity index (χ1v) is 8.76. The Labute approximate surface area is 157 Å². The Hall–Kier alpha value is -3.54. The number of hydrogen-bond donors (Lipinski definition) is 0. The minimum absolute atomic E-state index is 0.0863. The van der Waals surface area contributed by atoms with Gasteiger partial charge in [0.15, 0.2) is 5.65 Å². The number of hydrogen-bond acceptors (Lipinski definition) is 4. The van der Waals surface area contributed by atoms with Crippen molar-refractivity contribution in [2.45, 2.75) is 6.42 Å². The number of benzene rings is 1. The Balaban J connectivity index is 1.59. The van der Waals surface area contributed by atoms with Crippen molar-refractivity contribution in [2.75, 3.05) is 13.6 Å². The van der Waals surface area contributed by atoms with Crippen LogP contribution >= 0.6 is 0 Å². The fraction of sp³-hybridized carbons (Fsp3) is 0.143. The molecule has 0 unspecified atom stereocenters. The van der Waals surface area contributed by atoms with E-state index in [1.54, 1.807) is 41.3 Å². The molecule has 0 bridgehead atoms. The van der Waals surface area contributed by atoms with E-state index < -0.39 is 0 Å². The molecule has 0 saturated carbocycles. The van der Waals surface area contributed by atoms with E-state index in [2.05, 4.69) is 15.1 Å². The number of fused-ring (bicyclic) bond motifs is 1. The minimum atomic E-state index is -0.0863. The monoisotopic (exact) mass is 357 g/mol. The van der Waals surface area contributed by atoms with E-state index >= 15 is 0 Å². The lowest BCUT2D eigenvalue weighted by Gasteiger charge is -2.16. The Morgan fingerprint density at radius 1 is 1.04 bits per heavy atom. The van der Waals surface area contributed by atoms with Crippen molar-refractivity contribution in [1.82, 2.24) is 24.5 Å². The van der Waals surface area contributed by atoms with Crippen molar-refractivity contribution in [3.63, 3.8) is 0 Å². The lowest BCUT2D eigenvalue weighted by atomic mass is 10.1. The SMILES string of the molecule is CN(CCc1ccncc1)C(=O)c1cnn2c(-c3ccccc3)ccnc12. The second kappa shape index (κ2) is 7.37. The smallest absolute Gasteiger partial charge is 0.259 e. The zero-order valence-corrected chi connectivity index (χ0v) is 15.0. The first-order chi connectivity index (χ1) is 13.2. The summed E-state index contributed by atoms with van der Waals surface area (Å²) in [5.74, 6) is -0.0863. The molecule has 4 aromatic rings. The highest BCUT2D eigenvalue weighted by Crippen LogP contribution is 2.21. The van der Waals surface area contributed by atoms with Crippen molar-refractivity contribution in [3.8, 4) is 11.3 Å². The predicted molar refractivity (Wildman–Crippen MR) is 103 cm³/mol. The van der Waals surface area contributed by atoms with E-state index in [1.807, 2.05) is 48.5 Å². The van der Waals surface area contributed by atoms with E-state index in [4.69, 9.17) is 0 Å². The molecule has 0 radical (unpaired) electrons. The first-order valence-electron chi connectivity index (χ1n) is 8.76. The maximum absolute atomic E-state index is 12.9. The molecule has 134 valence electrons. The second-order valence-corrected chi connectivity index (χ2v) is 6.32. The lowest BCUT2D eigenvalue weighted by Crippen LogP contribution is -2.28. The minimum Gasteiger partial charge on any atom is -0.341 e. The first kappa shape index (κ1) is 16.9. The molecular weight excluding hydrogens is 338 g/mol. The molecule has 27 heavy (non-hydrogen) atoms. The van der Waals surface area contributed by atoms with Gasteiger partial charge in [-0.25, -0.2) is 9.50 Å². The van der Waals surface area contributed by atoms with Crippen LogP contribution in [0.25, 0.3) is 16.9 Å². The Kier molecular flexibility index (Phi) is 4.61. The van der Waals surface area contributed by atoms with Crippen molar-refractivity contribution in [1.29, 1.82) is 0 Å². The molecule has 0 N–H and O–H groups in total. The van der Waals surface area contributed by atoms with Crippen molar-refractivity contribution < 1.29 is 4.79 Å². The Morgan fingerprint density at radius 2 is 1.81 bits per heavy atom. The quantitative estimate of drug-likeness (QED) is 0.551. The van der Waals surface area contributed by atoms with Gasteiger partial charge in [0.1, 0.15) is 5.56 Å². The van der Waals surface area contributed by atoms with Crippen LogP contribution in [0.3, 0.4) is 0 Å². The van der Waals surface area contributed by atoms with Gasteiger partial charge in [0.25, 0.3) is 5.91 Å². The number of likely N-dealkylation sites (N-methyl/N-ethyl adjacent to an activating group) is 1. The van der Waals surface area contributed by atoms with Crippen LogP contribution in [0.4, 0.5) is 0 Å². The van der Waals surface area contributed by atoms with Crippen LogP contribution in [0, 0.1) is 0 Å². The zero-order chi connectivity index (χ0) is 18.6. The molecular formula is C21H19N5O. The number of rotatable bonds is 5. The number of nitrogens with zero attached hydrogens (tertiary/aromatic N) is 5. The van der Waals surface area contributed by atoms with Crippen LogP contribution in [-0.2, 0) is 6.42 Å². The van der Waals surface area contributed by atoms with E-state index in [9.17, 15) is 4.79 Å². The third-order valence-corrected chi connectivity index (χ3v) is 4.53. The van der Waals surface area contributed by atoms with E-state index in [-0.39, 0.29) is 5.91 Å². The number of carbonyl (C=O) groups excluding carboxylic acids is 1. The largest absolute Gasteiger partial charge is 0.341 e. The maximum Gasteiger partial charge on any atom is 0.259 e. The molecule has 1 aromatic carbocycles. The molecule has 3 aromatic heterocycles. The van der Waals surface area contributed by atoms with Gasteiger partial charge >= 0.3 is 0 Å². The number of carbonyl (C=O) groups is 1. The van der Waals surface area contributed by atoms with Gasteiger partial charge in [0, 0.05) is 37.7 Å². The second-order valence-electron chi connectivity index (χ2n) is 6.32. The van der Waals surface area contributed by atoms with Gasteiger partial charge in [0.05, 0.1) is 11.9 Å². The molecule has 0 spiro atoms. The molecule has 6 nitrogen and oxygen atoms in total. The molecule has 0 saturated heterocycles. The molecule has 0 fully saturated rings. The highest BCUT2D eigenvalue weighted by Gasteiger charge is 2.19. The van der Waals surface area contributed by atoms with Crippen LogP contribution < -0.4 is 0 Å². The summed E-state index contributed by atoms with van der Waals surface area (Å²) in [7, 11) is 1.80. The van der Waals surface area contributed by atoms with Crippen LogP contribution in [0.15, 0.2) is 73.3 Å². The van der Waals surface area contributed by atoms with Gasteiger partial charge in [-0.15, -0.1) is 0 Å². The molecule has 3 heterocycles. The van der Waals surface area contributed by atoms with E-state index in [0.29, 0.717) is 17.8 Å². The van der Waals surface area contributed by atoms with Gasteiger partial charge < -0.3 is 4.90 Å². The van der Waals surface area contributed by atoms with Crippen LogP contribution in [-0.4, -0.2) is 44.0 Å². The van der Waals surface area contributed by atoms with Crippen molar-refractivity contribution >= 4 is 11.6 Å². The fourth-order valence-corrected chi connectivity index (χ4v) is 3.02. The summed E-state index contributed by atoms with van der Waals surface area (Å²) < 4.78 is 1.72. The highest BCUT2D eigenvalue weighted by atomic mass is 16.2. The van der Waals surface area contributed by atoms with Gasteiger partial charge in [-0.2, -0.15) is 5.10 Å². The summed E-state index contributed by atoms with van der Waals surface area (Å²) in [6, 6.07) is 15.8. The summed E-state index contributed by atoms with van der Waals surface area (Å²) in [4.78, 5) is 23.0. The molecule has 4 rings (SSSR count). The summed E-state index contributed by atoms with van der Waals surface area (Å²) in [5, 5.41) is 4.42. The highest BCUT2D eigenvalue weighted by molar-refractivity contribution is 5.99. The Morgan fingerprint density at radius 3 is 2.59 bits per heavy atom. The summed E-state index contributed by atoms with van der Waals surface area (Å²) >= 11 is 0. The third kappa shape index (κ3) is 3.42. The van der Waals surface area contributed by atoms with Gasteiger partial charge in [-0.3, -0.25) is 9.78 Å². The van der Waals surface area contributed by atoms with Crippen LogP contribution in [0.1, 0.15) is 15.9 Å². The summed E-state index contributed by atoms with van der Waals surface area (Å²) in [6.45, 7) is 0.610. The van der Waals surface area contributed by atoms with Gasteiger partial charge in [-0.1, -0.05) is 30.3 Å². The molecule has 0 atom stereocenters. The van der Waals surface area contributed by atoms with Gasteiger partial charge in [0.2, 0.25) is 0 Å². The van der Waals surface area contributed by atoms with Gasteiger partial charge in [-0.05, 0) is 30.2 Å². The number of pyridine rings is 1. The molecule has 1 amide bonds. The number of aromatic nitrogens is 4. The maximum atomic E-state index is 12.9. The predicted octanol–water partition coefficient (Wildman–Crippen LogP) is 3.11. The van der Waals surface area contributed by atoms with Crippen molar-refractivity contribution in [3.05, 3.63) is 84.4 Å². The normalized spacial score (nSPS) is 10.9. The topological polar surface area (TPSA) is 63.4 Å². The van der Waals surface area contributed by atoms with E-state index in [1.165, 1.54) is 0 Å². The molecule has 0 aliphatic carbocycles. The zero-order valence-electron chi connectivity index (χ0n) is 15.0. The van der Waals surface area contributed by atoms with Crippen LogP contribution in [0.2, 0.25) is 0 Å². The Bertz CT molecular complexity index is 1060. The molecule has 6 heteroatoms. The van der Waals surface area contributed by atoms with Crippen LogP contribution in [0.5, 0.6) is 0 Å².